The Morgan fingerprint density at radius 1 is 1.25 bits per heavy atom. The van der Waals surface area contributed by atoms with Crippen molar-refractivity contribution in [3.05, 3.63) is 0 Å². The maximum Gasteiger partial charge on any atom is 0.234 e. The summed E-state index contributed by atoms with van der Waals surface area (Å²) in [6.07, 6.45) is 0.852. The van der Waals surface area contributed by atoms with Crippen molar-refractivity contribution in [1.82, 2.24) is 15.1 Å². The van der Waals surface area contributed by atoms with Crippen LogP contribution in [-0.2, 0) is 14.3 Å². The van der Waals surface area contributed by atoms with Crippen LogP contribution in [0.5, 0.6) is 0 Å². The average molecular weight is 283 g/mol. The zero-order valence-corrected chi connectivity index (χ0v) is 12.4. The second-order valence-corrected chi connectivity index (χ2v) is 5.88. The van der Waals surface area contributed by atoms with Gasteiger partial charge in [-0.3, -0.25) is 14.5 Å². The Kier molecular flexibility index (Phi) is 5.37. The Morgan fingerprint density at radius 3 is 2.60 bits per heavy atom. The molecule has 114 valence electrons. The van der Waals surface area contributed by atoms with Crippen LogP contribution in [0.2, 0.25) is 0 Å². The fraction of sp³-hybridized carbons (Fsp3) is 0.857. The van der Waals surface area contributed by atoms with Crippen molar-refractivity contribution in [3.63, 3.8) is 0 Å². The average Bonchev–Trinajstić information content (AvgIpc) is 2.86. The monoisotopic (exact) mass is 283 g/mol. The maximum absolute atomic E-state index is 12.4. The van der Waals surface area contributed by atoms with Gasteiger partial charge in [0.05, 0.1) is 25.7 Å². The molecule has 0 aliphatic carbocycles. The van der Waals surface area contributed by atoms with Gasteiger partial charge in [0.25, 0.3) is 0 Å². The van der Waals surface area contributed by atoms with Gasteiger partial charge in [-0.1, -0.05) is 0 Å². The molecule has 1 atom stereocenters. The quantitative estimate of drug-likeness (QED) is 0.769. The summed E-state index contributed by atoms with van der Waals surface area (Å²) in [5.74, 6) is 0.305. The maximum atomic E-state index is 12.4. The number of hydrogen-bond donors (Lipinski definition) is 1. The smallest absolute Gasteiger partial charge is 0.234 e. The molecule has 2 aliphatic heterocycles. The number of carbonyl (C=O) groups excluding carboxylic acids is 2. The van der Waals surface area contributed by atoms with Crippen LogP contribution in [0.1, 0.15) is 20.3 Å². The molecule has 1 N–H and O–H groups in total. The molecule has 6 heteroatoms. The summed E-state index contributed by atoms with van der Waals surface area (Å²) in [7, 11) is 0. The van der Waals surface area contributed by atoms with E-state index in [1.54, 1.807) is 0 Å². The highest BCUT2D eigenvalue weighted by molar-refractivity contribution is 5.80. The van der Waals surface area contributed by atoms with Gasteiger partial charge in [0, 0.05) is 25.7 Å². The van der Waals surface area contributed by atoms with E-state index in [0.717, 1.165) is 13.0 Å². The van der Waals surface area contributed by atoms with Crippen LogP contribution in [0.4, 0.5) is 0 Å². The van der Waals surface area contributed by atoms with E-state index in [0.29, 0.717) is 39.4 Å². The van der Waals surface area contributed by atoms with E-state index in [-0.39, 0.29) is 23.8 Å². The van der Waals surface area contributed by atoms with E-state index in [1.807, 2.05) is 18.7 Å². The number of ether oxygens (including phenoxy) is 1. The van der Waals surface area contributed by atoms with Crippen LogP contribution in [0.3, 0.4) is 0 Å². The Hall–Kier alpha value is -1.14. The van der Waals surface area contributed by atoms with Gasteiger partial charge in [-0.25, -0.2) is 0 Å². The largest absolute Gasteiger partial charge is 0.378 e. The molecule has 0 spiro atoms. The van der Waals surface area contributed by atoms with Gasteiger partial charge in [0.15, 0.2) is 0 Å². The van der Waals surface area contributed by atoms with Gasteiger partial charge in [-0.05, 0) is 26.8 Å². The molecule has 20 heavy (non-hydrogen) atoms. The van der Waals surface area contributed by atoms with E-state index < -0.39 is 0 Å². The fourth-order valence-electron chi connectivity index (χ4n) is 2.79. The third kappa shape index (κ3) is 4.18. The number of likely N-dealkylation sites (tertiary alicyclic amines) is 1. The van der Waals surface area contributed by atoms with Crippen LogP contribution in [-0.4, -0.2) is 73.6 Å². The lowest BCUT2D eigenvalue weighted by Gasteiger charge is -2.29. The number of nitrogens with one attached hydrogen (secondary N) is 1. The lowest BCUT2D eigenvalue weighted by atomic mass is 10.1. The molecule has 0 bridgehead atoms. The Labute approximate surface area is 120 Å². The molecule has 2 aliphatic rings. The van der Waals surface area contributed by atoms with Crippen LogP contribution in [0, 0.1) is 5.92 Å². The summed E-state index contributed by atoms with van der Waals surface area (Å²) < 4.78 is 5.27. The summed E-state index contributed by atoms with van der Waals surface area (Å²) in [4.78, 5) is 28.0. The molecule has 2 amide bonds. The minimum absolute atomic E-state index is 0.0412. The summed E-state index contributed by atoms with van der Waals surface area (Å²) in [6, 6.07) is 0.163. The summed E-state index contributed by atoms with van der Waals surface area (Å²) in [6.45, 7) is 8.49. The molecule has 2 fully saturated rings. The molecule has 2 rings (SSSR count). The van der Waals surface area contributed by atoms with Crippen molar-refractivity contribution in [2.45, 2.75) is 26.3 Å². The summed E-state index contributed by atoms with van der Waals surface area (Å²) >= 11 is 0. The number of rotatable bonds is 4. The van der Waals surface area contributed by atoms with Crippen molar-refractivity contribution in [1.29, 1.82) is 0 Å². The number of carbonyl (C=O) groups is 2. The molecule has 1 unspecified atom stereocenters. The summed E-state index contributed by atoms with van der Waals surface area (Å²) in [5.41, 5.74) is 0. The van der Waals surface area contributed by atoms with Crippen molar-refractivity contribution < 1.29 is 14.3 Å². The van der Waals surface area contributed by atoms with Crippen molar-refractivity contribution in [2.24, 2.45) is 5.92 Å². The summed E-state index contributed by atoms with van der Waals surface area (Å²) in [5, 5.41) is 2.88. The molecule has 0 saturated carbocycles. The van der Waals surface area contributed by atoms with Crippen LogP contribution in [0.15, 0.2) is 0 Å². The molecule has 0 aromatic heterocycles. The van der Waals surface area contributed by atoms with Gasteiger partial charge < -0.3 is 15.0 Å². The molecule has 2 heterocycles. The Bertz CT molecular complexity index is 354. The lowest BCUT2D eigenvalue weighted by Crippen LogP contribution is -2.45. The van der Waals surface area contributed by atoms with E-state index >= 15 is 0 Å². The lowest BCUT2D eigenvalue weighted by molar-refractivity contribution is -0.139. The zero-order chi connectivity index (χ0) is 14.5. The van der Waals surface area contributed by atoms with Crippen molar-refractivity contribution >= 4 is 11.8 Å². The van der Waals surface area contributed by atoms with Gasteiger partial charge in [-0.2, -0.15) is 0 Å². The van der Waals surface area contributed by atoms with Gasteiger partial charge in [-0.15, -0.1) is 0 Å². The predicted octanol–water partition coefficient (Wildman–Crippen LogP) is -0.308. The van der Waals surface area contributed by atoms with Crippen LogP contribution < -0.4 is 5.32 Å². The third-order valence-corrected chi connectivity index (χ3v) is 3.76. The number of morpholine rings is 1. The molecule has 6 nitrogen and oxygen atoms in total. The third-order valence-electron chi connectivity index (χ3n) is 3.76. The standard InChI is InChI=1S/C14H25N3O3/c1-11(2)15-13(18)10-16-4-3-12(9-16)14(19)17-5-7-20-8-6-17/h11-12H,3-10H2,1-2H3,(H,15,18). The molecule has 0 aromatic rings. The van der Waals surface area contributed by atoms with Crippen LogP contribution >= 0.6 is 0 Å². The predicted molar refractivity (Wildman–Crippen MR) is 75.2 cm³/mol. The molecular formula is C14H25N3O3. The van der Waals surface area contributed by atoms with E-state index in [4.69, 9.17) is 4.74 Å². The highest BCUT2D eigenvalue weighted by atomic mass is 16.5. The normalized spacial score (nSPS) is 24.1. The van der Waals surface area contributed by atoms with Crippen molar-refractivity contribution in [2.75, 3.05) is 45.9 Å². The highest BCUT2D eigenvalue weighted by Crippen LogP contribution is 2.19. The number of nitrogens with zero attached hydrogens (tertiary/aromatic N) is 2. The van der Waals surface area contributed by atoms with E-state index in [9.17, 15) is 9.59 Å². The first kappa shape index (κ1) is 15.3. The molecule has 2 saturated heterocycles. The molecule has 0 radical (unpaired) electrons. The minimum atomic E-state index is 0.0412. The van der Waals surface area contributed by atoms with Gasteiger partial charge >= 0.3 is 0 Å². The second-order valence-electron chi connectivity index (χ2n) is 5.88. The SMILES string of the molecule is CC(C)NC(=O)CN1CCC(C(=O)N2CCOCC2)C1. The van der Waals surface area contributed by atoms with Crippen LogP contribution in [0.25, 0.3) is 0 Å². The molecule has 0 aromatic carbocycles. The van der Waals surface area contributed by atoms with Gasteiger partial charge in [0.2, 0.25) is 11.8 Å². The first-order chi connectivity index (χ1) is 9.56. The fourth-order valence-corrected chi connectivity index (χ4v) is 2.79. The minimum Gasteiger partial charge on any atom is -0.378 e. The molecular weight excluding hydrogens is 258 g/mol. The first-order valence-electron chi connectivity index (χ1n) is 7.44. The Morgan fingerprint density at radius 2 is 1.95 bits per heavy atom. The highest BCUT2D eigenvalue weighted by Gasteiger charge is 2.32. The Balaban J connectivity index is 1.76. The van der Waals surface area contributed by atoms with Gasteiger partial charge in [0.1, 0.15) is 0 Å². The first-order valence-corrected chi connectivity index (χ1v) is 7.44. The number of hydrogen-bond acceptors (Lipinski definition) is 4. The topological polar surface area (TPSA) is 61.9 Å². The van der Waals surface area contributed by atoms with Crippen molar-refractivity contribution in [3.8, 4) is 0 Å². The van der Waals surface area contributed by atoms with E-state index in [2.05, 4.69) is 10.2 Å². The zero-order valence-electron chi connectivity index (χ0n) is 12.4. The van der Waals surface area contributed by atoms with E-state index in [1.165, 1.54) is 0 Å². The second kappa shape index (κ2) is 7.04. The number of amides is 2.